The van der Waals surface area contributed by atoms with E-state index in [9.17, 15) is 4.79 Å². The van der Waals surface area contributed by atoms with E-state index in [1.807, 2.05) is 45.0 Å². The van der Waals surface area contributed by atoms with Crippen LogP contribution >= 0.6 is 0 Å². The van der Waals surface area contributed by atoms with Crippen molar-refractivity contribution in [2.45, 2.75) is 13.8 Å². The molecule has 0 heterocycles. The molecule has 4 heteroatoms. The van der Waals surface area contributed by atoms with Crippen molar-refractivity contribution in [3.05, 3.63) is 40.9 Å². The number of hydrogen-bond acceptors (Lipinski definition) is 2. The van der Waals surface area contributed by atoms with Crippen LogP contribution in [0, 0.1) is 0 Å². The number of amides is 1. The van der Waals surface area contributed by atoms with Crippen molar-refractivity contribution in [2.75, 3.05) is 33.7 Å². The molecule has 1 rings (SSSR count). The minimum absolute atomic E-state index is 0.129. The van der Waals surface area contributed by atoms with Crippen molar-refractivity contribution in [3.63, 3.8) is 0 Å². The van der Waals surface area contributed by atoms with E-state index < -0.39 is 0 Å². The van der Waals surface area contributed by atoms with Crippen LogP contribution < -0.4 is 4.46 Å². The van der Waals surface area contributed by atoms with E-state index in [4.69, 9.17) is 0 Å². The average Bonchev–Trinajstić information content (AvgIpc) is 2.40. The molecule has 0 fully saturated rings. The van der Waals surface area contributed by atoms with Crippen LogP contribution in [0.5, 0.6) is 0 Å². The van der Waals surface area contributed by atoms with Crippen molar-refractivity contribution in [3.8, 4) is 0 Å². The Hall–Kier alpha value is -1.09. The molecule has 0 saturated heterocycles. The second-order valence-corrected chi connectivity index (χ2v) is 7.29. The van der Waals surface area contributed by atoms with Crippen LogP contribution in [0.4, 0.5) is 0 Å². The Morgan fingerprint density at radius 2 is 1.75 bits per heavy atom. The summed E-state index contributed by atoms with van der Waals surface area (Å²) < 4.78 is 2.52. The zero-order valence-electron chi connectivity index (χ0n) is 12.8. The fourth-order valence-electron chi connectivity index (χ4n) is 1.82. The summed E-state index contributed by atoms with van der Waals surface area (Å²) in [4.78, 5) is 16.2. The number of rotatable bonds is 7. The maximum absolute atomic E-state index is 12.2. The second kappa shape index (κ2) is 8.96. The van der Waals surface area contributed by atoms with Gasteiger partial charge in [-0.15, -0.1) is 0 Å². The monoisotopic (exact) mass is 340 g/mol. The van der Waals surface area contributed by atoms with E-state index in [0.717, 1.165) is 19.6 Å². The molecule has 1 aromatic rings. The third-order valence-electron chi connectivity index (χ3n) is 2.82. The van der Waals surface area contributed by atoms with E-state index in [1.165, 1.54) is 8.93 Å². The second-order valence-electron chi connectivity index (χ2n) is 4.77. The summed E-state index contributed by atoms with van der Waals surface area (Å²) in [6, 6.07) is 10.4. The normalized spacial score (nSPS) is 11.8. The Morgan fingerprint density at radius 1 is 1.15 bits per heavy atom. The number of benzene rings is 1. The molecule has 0 unspecified atom stereocenters. The van der Waals surface area contributed by atoms with Gasteiger partial charge in [0.25, 0.3) is 0 Å². The van der Waals surface area contributed by atoms with Crippen LogP contribution in [0.3, 0.4) is 0 Å². The first kappa shape index (κ1) is 17.0. The number of nitrogens with zero attached hydrogens (tertiary/aromatic N) is 2. The molecular weight excluding hydrogens is 315 g/mol. The molecule has 0 N–H and O–H groups in total. The van der Waals surface area contributed by atoms with Crippen LogP contribution in [-0.2, 0) is 4.79 Å². The minimum atomic E-state index is 0.129. The summed E-state index contributed by atoms with van der Waals surface area (Å²) in [7, 11) is 4.08. The zero-order chi connectivity index (χ0) is 15.0. The summed E-state index contributed by atoms with van der Waals surface area (Å²) in [5.41, 5.74) is 0. The van der Waals surface area contributed by atoms with Crippen molar-refractivity contribution in [2.24, 2.45) is 0 Å². The van der Waals surface area contributed by atoms with Crippen molar-refractivity contribution in [1.29, 1.82) is 0 Å². The Labute approximate surface area is 128 Å². The van der Waals surface area contributed by atoms with Gasteiger partial charge in [0.1, 0.15) is 0 Å². The molecule has 0 saturated carbocycles. The summed E-state index contributed by atoms with van der Waals surface area (Å²) >= 11 is 0.203. The van der Waals surface area contributed by atoms with Crippen LogP contribution in [0.1, 0.15) is 13.8 Å². The van der Waals surface area contributed by atoms with E-state index in [2.05, 4.69) is 29.2 Å². The van der Waals surface area contributed by atoms with Gasteiger partial charge in [0.05, 0.1) is 0 Å². The van der Waals surface area contributed by atoms with Gasteiger partial charge in [-0.2, -0.15) is 0 Å². The van der Waals surface area contributed by atoms with Gasteiger partial charge in [-0.05, 0) is 0 Å². The molecule has 1 aromatic carbocycles. The predicted octanol–water partition coefficient (Wildman–Crippen LogP) is 1.33. The molecule has 20 heavy (non-hydrogen) atoms. The topological polar surface area (TPSA) is 23.6 Å². The third kappa shape index (κ3) is 5.91. The van der Waals surface area contributed by atoms with E-state index >= 15 is 0 Å². The van der Waals surface area contributed by atoms with E-state index in [1.54, 1.807) is 0 Å². The summed E-state index contributed by atoms with van der Waals surface area (Å²) in [5, 5.41) is 0. The van der Waals surface area contributed by atoms with Crippen molar-refractivity contribution >= 4 is 25.3 Å². The Balaban J connectivity index is 2.85. The van der Waals surface area contributed by atoms with Crippen molar-refractivity contribution in [1.82, 2.24) is 9.80 Å². The maximum atomic E-state index is 12.2. The van der Waals surface area contributed by atoms with Crippen LogP contribution in [0.2, 0.25) is 0 Å². The molecule has 1 amide bonds. The van der Waals surface area contributed by atoms with E-state index in [0.29, 0.717) is 0 Å². The Bertz CT molecular complexity index is 439. The van der Waals surface area contributed by atoms with E-state index in [-0.39, 0.29) is 20.9 Å². The van der Waals surface area contributed by atoms with Gasteiger partial charge in [-0.1, -0.05) is 0 Å². The first-order chi connectivity index (χ1) is 9.56. The van der Waals surface area contributed by atoms with Gasteiger partial charge in [0.15, 0.2) is 0 Å². The molecule has 3 nitrogen and oxygen atoms in total. The van der Waals surface area contributed by atoms with Gasteiger partial charge in [0, 0.05) is 0 Å². The van der Waals surface area contributed by atoms with Crippen LogP contribution in [0.25, 0.3) is 0 Å². The fraction of sp³-hybridized carbons (Fsp3) is 0.438. The van der Waals surface area contributed by atoms with Crippen molar-refractivity contribution < 1.29 is 4.79 Å². The molecule has 0 aliphatic rings. The molecule has 110 valence electrons. The molecule has 0 aliphatic carbocycles. The molecule has 0 atom stereocenters. The van der Waals surface area contributed by atoms with Crippen LogP contribution in [0.15, 0.2) is 40.9 Å². The SMILES string of the molecule is CCN(CC)C(=O)/C=C(/CN(C)C)[Se]c1ccccc1. The van der Waals surface area contributed by atoms with Gasteiger partial charge < -0.3 is 0 Å². The van der Waals surface area contributed by atoms with Crippen LogP contribution in [-0.4, -0.2) is 64.4 Å². The average molecular weight is 339 g/mol. The summed E-state index contributed by atoms with van der Waals surface area (Å²) in [6.07, 6.45) is 1.83. The predicted molar refractivity (Wildman–Crippen MR) is 86.4 cm³/mol. The number of likely N-dealkylation sites (N-methyl/N-ethyl adjacent to an activating group) is 2. The van der Waals surface area contributed by atoms with Gasteiger partial charge in [0.2, 0.25) is 0 Å². The van der Waals surface area contributed by atoms with Gasteiger partial charge in [-0.25, -0.2) is 0 Å². The number of carbonyl (C=O) groups is 1. The Morgan fingerprint density at radius 3 is 2.25 bits per heavy atom. The zero-order valence-corrected chi connectivity index (χ0v) is 14.5. The molecule has 0 spiro atoms. The van der Waals surface area contributed by atoms with Gasteiger partial charge >= 0.3 is 128 Å². The number of carbonyl (C=O) groups excluding carboxylic acids is 1. The summed E-state index contributed by atoms with van der Waals surface area (Å²) in [5.74, 6) is 0.129. The molecule has 0 radical (unpaired) electrons. The molecular formula is C16H24N2OSe. The standard InChI is InChI=1S/C16H24N2OSe/c1-5-18(6-2)16(19)12-15(13-17(3)4)20-14-10-8-7-9-11-14/h7-12H,5-6,13H2,1-4H3/b15-12-. The first-order valence-corrected chi connectivity index (χ1v) is 8.65. The molecule has 0 bridgehead atoms. The fourth-order valence-corrected chi connectivity index (χ4v) is 4.09. The Kier molecular flexibility index (Phi) is 7.60. The van der Waals surface area contributed by atoms with Gasteiger partial charge in [-0.3, -0.25) is 0 Å². The third-order valence-corrected chi connectivity index (χ3v) is 4.96. The first-order valence-electron chi connectivity index (χ1n) is 6.93. The number of hydrogen-bond donors (Lipinski definition) is 0. The molecule has 0 aromatic heterocycles. The molecule has 0 aliphatic heterocycles. The summed E-state index contributed by atoms with van der Waals surface area (Å²) in [6.45, 7) is 6.40. The quantitative estimate of drug-likeness (QED) is 0.553.